The maximum Gasteiger partial charge on any atom is 0.329 e. The summed E-state index contributed by atoms with van der Waals surface area (Å²) in [7, 11) is -0.921. The Morgan fingerprint density at radius 3 is 2.08 bits per heavy atom. The number of carbonyl (C=O) groups is 2. The first-order chi connectivity index (χ1) is 16.8. The SMILES string of the molecule is COC(=O)[C@H]1CN([C@H](CC(C)(C)O[Si](C)(C)C(C)(C)C)c2c(F)cccc2F)C[C@@H](C)N1C(=O)C(C)C. The number of benzene rings is 1. The first kappa shape index (κ1) is 31.4. The standard InChI is InChI=1S/C28H46F2N2O4Si/c1-18(2)25(33)32-19(3)16-31(17-23(32)26(34)35-9)22(24-20(29)13-12-14-21(24)30)15-28(7,8)36-37(10,11)27(4,5)6/h12-14,18-19,22-23H,15-17H2,1-11H3/t19-,22-,23-/m1/s1. The molecule has 0 aliphatic carbocycles. The second kappa shape index (κ2) is 11.5. The van der Waals surface area contributed by atoms with Crippen molar-refractivity contribution in [2.24, 2.45) is 5.92 Å². The summed E-state index contributed by atoms with van der Waals surface area (Å²) in [5, 5.41) is -0.0453. The van der Waals surface area contributed by atoms with Crippen LogP contribution in [0.3, 0.4) is 0 Å². The van der Waals surface area contributed by atoms with Gasteiger partial charge in [0, 0.05) is 36.7 Å². The van der Waals surface area contributed by atoms with Crippen molar-refractivity contribution < 1.29 is 27.5 Å². The predicted molar refractivity (Wildman–Crippen MR) is 145 cm³/mol. The summed E-state index contributed by atoms with van der Waals surface area (Å²) in [6, 6.07) is 1.90. The van der Waals surface area contributed by atoms with E-state index < -0.39 is 43.6 Å². The topological polar surface area (TPSA) is 59.1 Å². The molecular formula is C28H46F2N2O4Si. The van der Waals surface area contributed by atoms with E-state index in [1.165, 1.54) is 25.3 Å². The predicted octanol–water partition coefficient (Wildman–Crippen LogP) is 5.93. The third-order valence-electron chi connectivity index (χ3n) is 7.73. The number of rotatable bonds is 8. The van der Waals surface area contributed by atoms with Crippen molar-refractivity contribution in [3.8, 4) is 0 Å². The van der Waals surface area contributed by atoms with Crippen molar-refractivity contribution in [1.29, 1.82) is 0 Å². The van der Waals surface area contributed by atoms with Gasteiger partial charge in [-0.1, -0.05) is 40.7 Å². The third kappa shape index (κ3) is 7.18. The van der Waals surface area contributed by atoms with E-state index in [1.54, 1.807) is 18.7 Å². The number of esters is 1. The quantitative estimate of drug-likeness (QED) is 0.302. The molecule has 1 aromatic carbocycles. The lowest BCUT2D eigenvalue weighted by Gasteiger charge is -2.49. The molecule has 1 saturated heterocycles. The second-order valence-corrected chi connectivity index (χ2v) is 17.4. The van der Waals surface area contributed by atoms with Gasteiger partial charge in [-0.15, -0.1) is 0 Å². The molecule has 0 aromatic heterocycles. The van der Waals surface area contributed by atoms with Crippen LogP contribution in [0.15, 0.2) is 18.2 Å². The molecule has 1 aromatic rings. The van der Waals surface area contributed by atoms with Gasteiger partial charge in [-0.3, -0.25) is 9.69 Å². The maximum absolute atomic E-state index is 15.2. The van der Waals surface area contributed by atoms with Gasteiger partial charge in [0.15, 0.2) is 8.32 Å². The van der Waals surface area contributed by atoms with Crippen LogP contribution >= 0.6 is 0 Å². The molecule has 1 heterocycles. The Balaban J connectivity index is 2.56. The summed E-state index contributed by atoms with van der Waals surface area (Å²) in [6.07, 6.45) is 0.302. The van der Waals surface area contributed by atoms with E-state index in [0.29, 0.717) is 13.0 Å². The molecule has 2 rings (SSSR count). The minimum Gasteiger partial charge on any atom is -0.467 e. The fourth-order valence-electron chi connectivity index (χ4n) is 4.96. The van der Waals surface area contributed by atoms with Crippen molar-refractivity contribution in [3.63, 3.8) is 0 Å². The molecule has 1 amide bonds. The van der Waals surface area contributed by atoms with E-state index in [1.807, 2.05) is 25.7 Å². The van der Waals surface area contributed by atoms with E-state index in [-0.39, 0.29) is 35.0 Å². The highest BCUT2D eigenvalue weighted by Gasteiger charge is 2.46. The Labute approximate surface area is 222 Å². The number of hydrogen-bond acceptors (Lipinski definition) is 5. The van der Waals surface area contributed by atoms with Crippen LogP contribution in [0, 0.1) is 17.6 Å². The first-order valence-electron chi connectivity index (χ1n) is 13.1. The minimum absolute atomic E-state index is 0.0453. The molecule has 9 heteroatoms. The molecule has 0 N–H and O–H groups in total. The van der Waals surface area contributed by atoms with Crippen molar-refractivity contribution in [2.75, 3.05) is 20.2 Å². The van der Waals surface area contributed by atoms with Crippen LogP contribution in [-0.4, -0.2) is 67.9 Å². The highest BCUT2D eigenvalue weighted by atomic mass is 28.4. The van der Waals surface area contributed by atoms with Gasteiger partial charge in [0.1, 0.15) is 17.7 Å². The maximum atomic E-state index is 15.2. The lowest BCUT2D eigenvalue weighted by Crippen LogP contribution is -2.64. The summed E-state index contributed by atoms with van der Waals surface area (Å²) >= 11 is 0. The summed E-state index contributed by atoms with van der Waals surface area (Å²) in [5.74, 6) is -2.29. The molecule has 0 bridgehead atoms. The summed E-state index contributed by atoms with van der Waals surface area (Å²) in [6.45, 7) is 20.5. The van der Waals surface area contributed by atoms with Gasteiger partial charge in [-0.05, 0) is 57.5 Å². The average molecular weight is 541 g/mol. The highest BCUT2D eigenvalue weighted by Crippen LogP contribution is 2.43. The van der Waals surface area contributed by atoms with Crippen LogP contribution in [0.25, 0.3) is 0 Å². The summed E-state index contributed by atoms with van der Waals surface area (Å²) < 4.78 is 42.3. The van der Waals surface area contributed by atoms with Gasteiger partial charge in [0.25, 0.3) is 0 Å². The lowest BCUT2D eigenvalue weighted by molar-refractivity contribution is -0.162. The molecule has 0 radical (unpaired) electrons. The molecule has 0 unspecified atom stereocenters. The lowest BCUT2D eigenvalue weighted by atomic mass is 9.90. The summed E-state index contributed by atoms with van der Waals surface area (Å²) in [4.78, 5) is 29.4. The van der Waals surface area contributed by atoms with Gasteiger partial charge < -0.3 is 14.1 Å². The number of nitrogens with zero attached hydrogens (tertiary/aromatic N) is 2. The zero-order chi connectivity index (χ0) is 28.5. The molecule has 3 atom stereocenters. The molecule has 1 fully saturated rings. The van der Waals surface area contributed by atoms with Crippen LogP contribution in [0.4, 0.5) is 8.78 Å². The Kier molecular flexibility index (Phi) is 9.75. The number of ether oxygens (including phenoxy) is 1. The molecule has 210 valence electrons. The van der Waals surface area contributed by atoms with E-state index in [4.69, 9.17) is 9.16 Å². The van der Waals surface area contributed by atoms with Gasteiger partial charge in [-0.25, -0.2) is 13.6 Å². The molecule has 0 spiro atoms. The molecular weight excluding hydrogens is 494 g/mol. The molecule has 1 aliphatic rings. The van der Waals surface area contributed by atoms with E-state index >= 15 is 8.78 Å². The third-order valence-corrected chi connectivity index (χ3v) is 12.4. The van der Waals surface area contributed by atoms with Crippen LogP contribution in [0.5, 0.6) is 0 Å². The minimum atomic E-state index is -2.21. The number of hydrogen-bond donors (Lipinski definition) is 0. The number of halogens is 2. The molecule has 37 heavy (non-hydrogen) atoms. The molecule has 0 saturated carbocycles. The highest BCUT2D eigenvalue weighted by molar-refractivity contribution is 6.74. The number of amides is 1. The Morgan fingerprint density at radius 2 is 1.62 bits per heavy atom. The van der Waals surface area contributed by atoms with Crippen molar-refractivity contribution in [2.45, 2.75) is 104 Å². The number of piperazine rings is 1. The first-order valence-corrected chi connectivity index (χ1v) is 16.0. The Hall–Kier alpha value is -1.84. The largest absolute Gasteiger partial charge is 0.467 e. The zero-order valence-corrected chi connectivity index (χ0v) is 25.4. The van der Waals surface area contributed by atoms with E-state index in [9.17, 15) is 9.59 Å². The Bertz CT molecular complexity index is 957. The smallest absolute Gasteiger partial charge is 0.329 e. The van der Waals surface area contributed by atoms with Crippen molar-refractivity contribution in [3.05, 3.63) is 35.4 Å². The normalized spacial score (nSPS) is 20.8. The van der Waals surface area contributed by atoms with Gasteiger partial charge in [-0.2, -0.15) is 0 Å². The number of carbonyl (C=O) groups excluding carboxylic acids is 2. The molecule has 6 nitrogen and oxygen atoms in total. The van der Waals surface area contributed by atoms with Gasteiger partial charge >= 0.3 is 5.97 Å². The van der Waals surface area contributed by atoms with E-state index in [0.717, 1.165) is 0 Å². The fourth-order valence-corrected chi connectivity index (χ4v) is 6.73. The zero-order valence-electron chi connectivity index (χ0n) is 24.4. The van der Waals surface area contributed by atoms with E-state index in [2.05, 4.69) is 33.9 Å². The Morgan fingerprint density at radius 1 is 1.08 bits per heavy atom. The second-order valence-electron chi connectivity index (χ2n) is 12.7. The number of methoxy groups -OCH3 is 1. The average Bonchev–Trinajstić information content (AvgIpc) is 2.75. The van der Waals surface area contributed by atoms with Gasteiger partial charge in [0.05, 0.1) is 12.7 Å². The van der Waals surface area contributed by atoms with Crippen LogP contribution in [0.1, 0.15) is 73.4 Å². The monoisotopic (exact) mass is 540 g/mol. The molecule has 1 aliphatic heterocycles. The van der Waals surface area contributed by atoms with Crippen LogP contribution in [-0.2, 0) is 18.8 Å². The van der Waals surface area contributed by atoms with Crippen molar-refractivity contribution in [1.82, 2.24) is 9.80 Å². The van der Waals surface area contributed by atoms with Gasteiger partial charge in [0.2, 0.25) is 5.91 Å². The van der Waals surface area contributed by atoms with Crippen molar-refractivity contribution >= 4 is 20.2 Å². The van der Waals surface area contributed by atoms with Crippen LogP contribution < -0.4 is 0 Å². The fraction of sp³-hybridized carbons (Fsp3) is 0.714. The summed E-state index contributed by atoms with van der Waals surface area (Å²) in [5.41, 5.74) is -0.758. The van der Waals surface area contributed by atoms with Crippen LogP contribution in [0.2, 0.25) is 18.1 Å².